The largest absolute Gasteiger partial charge is 0.459 e. The molecule has 0 saturated carbocycles. The first-order valence-corrected chi connectivity index (χ1v) is 25.5. The number of esters is 5. The van der Waals surface area contributed by atoms with Crippen molar-refractivity contribution in [2.24, 2.45) is 0 Å². The first-order chi connectivity index (χ1) is 32.3. The van der Waals surface area contributed by atoms with Crippen molar-refractivity contribution in [1.29, 1.82) is 0 Å². The molecule has 5 aromatic carbocycles. The van der Waals surface area contributed by atoms with Crippen LogP contribution >= 0.6 is 0 Å². The Hall–Kier alpha value is -6.53. The summed E-state index contributed by atoms with van der Waals surface area (Å²) in [6.07, 6.45) is -14.1. The summed E-state index contributed by atoms with van der Waals surface area (Å²) in [4.78, 5) is 69.0. The minimum atomic E-state index is -1.77. The Bertz CT molecular complexity index is 2400. The van der Waals surface area contributed by atoms with E-state index in [1.54, 1.807) is 115 Å². The number of carbonyl (C=O) groups is 5. The van der Waals surface area contributed by atoms with Crippen LogP contribution in [0.5, 0.6) is 0 Å². The van der Waals surface area contributed by atoms with Gasteiger partial charge in [-0.3, -0.25) is 0 Å². The second kappa shape index (κ2) is 22.8. The lowest BCUT2D eigenvalue weighted by Crippen LogP contribution is -2.65. The van der Waals surface area contributed by atoms with Crippen molar-refractivity contribution in [2.75, 3.05) is 19.8 Å². The maximum atomic E-state index is 14.1. The normalized spacial score (nSPS) is 23.8. The van der Waals surface area contributed by atoms with Gasteiger partial charge < -0.3 is 47.7 Å². The smallest absolute Gasteiger partial charge is 0.338 e. The van der Waals surface area contributed by atoms with Crippen molar-refractivity contribution < 1.29 is 71.7 Å². The van der Waals surface area contributed by atoms with Gasteiger partial charge in [0.15, 0.2) is 37.0 Å². The Labute approximate surface area is 388 Å². The number of hydrogen-bond acceptors (Lipinski definition) is 15. The van der Waals surface area contributed by atoms with E-state index in [4.69, 9.17) is 42.6 Å². The van der Waals surface area contributed by atoms with Crippen LogP contribution in [0.25, 0.3) is 0 Å². The van der Waals surface area contributed by atoms with Gasteiger partial charge in [-0.25, -0.2) is 24.0 Å². The highest BCUT2D eigenvalue weighted by Crippen LogP contribution is 2.34. The van der Waals surface area contributed by atoms with E-state index in [0.717, 1.165) is 6.04 Å². The molecule has 0 spiro atoms. The molecule has 15 nitrogen and oxygen atoms in total. The SMILES string of the molecule is C[Si](C)(C)CCO[C@@H]1OC[C@@H](O[C@@H]2O[C@H](COC(=O)c3ccccc3)[C@H](OC(=O)c3ccccc3)[C@H](OC(=O)c3ccccc3)[C@H]2OC(=O)c2ccccc2)[C@H](O)[C@H]1OC(=O)c1ccccc1. The zero-order valence-corrected chi connectivity index (χ0v) is 38.1. The molecule has 2 saturated heterocycles. The number of aliphatic hydroxyl groups is 1. The average Bonchev–Trinajstić information content (AvgIpc) is 3.35. The zero-order chi connectivity index (χ0) is 47.3. The van der Waals surface area contributed by atoms with Crippen LogP contribution in [0.4, 0.5) is 0 Å². The van der Waals surface area contributed by atoms with E-state index in [1.807, 2.05) is 0 Å². The van der Waals surface area contributed by atoms with Crippen LogP contribution in [0.2, 0.25) is 25.7 Å². The van der Waals surface area contributed by atoms with E-state index >= 15 is 0 Å². The number of hydrogen-bond donors (Lipinski definition) is 1. The van der Waals surface area contributed by atoms with E-state index < -0.39 is 99.8 Å². The highest BCUT2D eigenvalue weighted by molar-refractivity contribution is 6.76. The third-order valence-corrected chi connectivity index (χ3v) is 12.5. The van der Waals surface area contributed by atoms with E-state index in [-0.39, 0.29) is 41.0 Å². The fourth-order valence-electron chi connectivity index (χ4n) is 7.20. The van der Waals surface area contributed by atoms with Gasteiger partial charge in [-0.1, -0.05) is 111 Å². The van der Waals surface area contributed by atoms with Gasteiger partial charge in [0.1, 0.15) is 24.9 Å². The summed E-state index contributed by atoms with van der Waals surface area (Å²) in [6, 6.07) is 40.8. The van der Waals surface area contributed by atoms with Crippen molar-refractivity contribution in [3.05, 3.63) is 179 Å². The lowest BCUT2D eigenvalue weighted by molar-refractivity contribution is -0.340. The number of benzene rings is 5. The topological polar surface area (TPSA) is 189 Å². The number of carbonyl (C=O) groups excluding carboxylic acids is 5. The number of ether oxygens (including phenoxy) is 9. The highest BCUT2D eigenvalue weighted by atomic mass is 28.3. The molecule has 0 bridgehead atoms. The van der Waals surface area contributed by atoms with Gasteiger partial charge in [-0.05, 0) is 66.7 Å². The minimum absolute atomic E-state index is 0.0957. The van der Waals surface area contributed by atoms with Gasteiger partial charge in [-0.2, -0.15) is 0 Å². The summed E-state index contributed by atoms with van der Waals surface area (Å²) >= 11 is 0. The predicted octanol–water partition coefficient (Wildman–Crippen LogP) is 6.93. The second-order valence-corrected chi connectivity index (χ2v) is 22.6. The molecule has 9 atom stereocenters. The molecule has 67 heavy (non-hydrogen) atoms. The summed E-state index contributed by atoms with van der Waals surface area (Å²) in [7, 11) is -1.60. The molecule has 5 aromatic rings. The van der Waals surface area contributed by atoms with E-state index in [2.05, 4.69) is 19.6 Å². The lowest BCUT2D eigenvalue weighted by Gasteiger charge is -2.46. The highest BCUT2D eigenvalue weighted by Gasteiger charge is 2.56. The molecule has 16 heteroatoms. The first kappa shape index (κ1) is 48.4. The molecule has 0 unspecified atom stereocenters. The van der Waals surface area contributed by atoms with Gasteiger partial charge in [-0.15, -0.1) is 0 Å². The standard InChI is InChI=1S/C51H52O15Si/c1-67(2,3)30-29-58-50-42(64-47(55)35-23-13-6-14-24-35)40(52)38(31-60-50)61-51-44(66-49(57)37-27-17-8-18-28-37)43(65-48(56)36-25-15-7-16-26-36)41(63-46(54)34-21-11-5-12-22-34)39(62-51)32-59-45(53)33-19-9-4-10-20-33/h4-28,38-44,50-52H,29-32H2,1-3H3/t38-,39-,40+,41+,42-,43+,44-,50-,51-/m1/s1. The van der Waals surface area contributed by atoms with Crippen LogP contribution in [0.15, 0.2) is 152 Å². The Morgan fingerprint density at radius 3 is 1.34 bits per heavy atom. The molecule has 7 rings (SSSR count). The third kappa shape index (κ3) is 13.1. The van der Waals surface area contributed by atoms with Crippen molar-refractivity contribution >= 4 is 37.9 Å². The van der Waals surface area contributed by atoms with Gasteiger partial charge in [0.2, 0.25) is 0 Å². The quantitative estimate of drug-likeness (QED) is 0.0574. The predicted molar refractivity (Wildman–Crippen MR) is 243 cm³/mol. The lowest BCUT2D eigenvalue weighted by atomic mass is 9.97. The summed E-state index contributed by atoms with van der Waals surface area (Å²) in [5.41, 5.74) is 0.713. The third-order valence-electron chi connectivity index (χ3n) is 10.8. The summed E-state index contributed by atoms with van der Waals surface area (Å²) in [5, 5.41) is 12.1. The first-order valence-electron chi connectivity index (χ1n) is 21.8. The molecular formula is C51H52O15Si. The van der Waals surface area contributed by atoms with Crippen LogP contribution < -0.4 is 0 Å². The van der Waals surface area contributed by atoms with E-state index in [1.165, 1.54) is 36.4 Å². The van der Waals surface area contributed by atoms with Crippen LogP contribution in [0.3, 0.4) is 0 Å². The zero-order valence-electron chi connectivity index (χ0n) is 37.1. The average molecular weight is 933 g/mol. The maximum absolute atomic E-state index is 14.1. The van der Waals surface area contributed by atoms with Crippen molar-refractivity contribution in [3.63, 3.8) is 0 Å². The molecule has 1 N–H and O–H groups in total. The Morgan fingerprint density at radius 1 is 0.522 bits per heavy atom. The van der Waals surface area contributed by atoms with Crippen LogP contribution in [-0.4, -0.2) is 118 Å². The number of aliphatic hydroxyl groups excluding tert-OH is 1. The van der Waals surface area contributed by atoms with Crippen molar-refractivity contribution in [1.82, 2.24) is 0 Å². The Kier molecular flexibility index (Phi) is 16.5. The number of rotatable bonds is 17. The fraction of sp³-hybridized carbons (Fsp3) is 0.314. The van der Waals surface area contributed by atoms with Gasteiger partial charge in [0.05, 0.1) is 34.4 Å². The van der Waals surface area contributed by atoms with Crippen molar-refractivity contribution in [3.8, 4) is 0 Å². The van der Waals surface area contributed by atoms with Crippen molar-refractivity contribution in [2.45, 2.75) is 81.0 Å². The Morgan fingerprint density at radius 2 is 0.910 bits per heavy atom. The summed E-state index contributed by atoms with van der Waals surface area (Å²) in [6.45, 7) is 5.80. The monoisotopic (exact) mass is 932 g/mol. The van der Waals surface area contributed by atoms with Gasteiger partial charge in [0, 0.05) is 14.7 Å². The van der Waals surface area contributed by atoms with E-state index in [9.17, 15) is 29.1 Å². The fourth-order valence-corrected chi connectivity index (χ4v) is 7.93. The molecule has 350 valence electrons. The maximum Gasteiger partial charge on any atom is 0.338 e. The summed E-state index contributed by atoms with van der Waals surface area (Å²) in [5.74, 6) is -4.21. The molecule has 0 amide bonds. The molecular weight excluding hydrogens is 881 g/mol. The molecule has 2 aliphatic heterocycles. The molecule has 0 aromatic heterocycles. The van der Waals surface area contributed by atoms with Crippen LogP contribution in [0, 0.1) is 0 Å². The van der Waals surface area contributed by atoms with Gasteiger partial charge >= 0.3 is 29.8 Å². The minimum Gasteiger partial charge on any atom is -0.459 e. The molecule has 2 aliphatic rings. The van der Waals surface area contributed by atoms with Crippen LogP contribution in [0.1, 0.15) is 51.8 Å². The van der Waals surface area contributed by atoms with Crippen LogP contribution in [-0.2, 0) is 42.6 Å². The molecule has 2 heterocycles. The second-order valence-electron chi connectivity index (χ2n) is 17.0. The summed E-state index contributed by atoms with van der Waals surface area (Å²) < 4.78 is 55.3. The van der Waals surface area contributed by atoms with Gasteiger partial charge in [0.25, 0.3) is 0 Å². The molecule has 2 fully saturated rings. The van der Waals surface area contributed by atoms with E-state index in [0.29, 0.717) is 0 Å². The molecule has 0 radical (unpaired) electrons. The molecule has 0 aliphatic carbocycles. The Balaban J connectivity index is 1.27.